The Morgan fingerprint density at radius 3 is 2.58 bits per heavy atom. The first kappa shape index (κ1) is 49.7. The van der Waals surface area contributed by atoms with Gasteiger partial charge in [0.2, 0.25) is 18.0 Å². The van der Waals surface area contributed by atoms with E-state index in [-0.39, 0.29) is 70.7 Å². The van der Waals surface area contributed by atoms with Crippen LogP contribution in [0.2, 0.25) is 0 Å². The standard InChI is InChI=1S/C48H56N4O13S2/c1-27(7-5-10-28-8-3-4-9-29(28)11-6-19-50-2)35-23-52-45(60)48(61)46(65-41(44(58)59)42(56)47(48,25-53)62-26-67-66-24-36(35)31-18-20-51-22-31)63-33-16-17-34-37(21-33)64-40(43(49)57)38(39(34)55)30-12-14-32(54)15-13-30/h3-5,8-10,12-18,21-22,25,27,35-36,40-42,45-46,50,52,54-56,60-61H,6-7,11,19-20,23-24,26H2,1-2H3,(H2,49,57)(H,58,59)/b10-5-/t27-,35-,36+,40?,41-,42+,45+,46+,47-,48-/m0/s1. The number of fused-ring (bicyclic) bond motifs is 2. The summed E-state index contributed by atoms with van der Waals surface area (Å²) in [5.41, 5.74) is 3.57. The molecule has 1 amide bonds. The van der Waals surface area contributed by atoms with Crippen LogP contribution in [0.15, 0.2) is 89.4 Å². The summed E-state index contributed by atoms with van der Waals surface area (Å²) in [5.74, 6) is -3.65. The van der Waals surface area contributed by atoms with Crippen LogP contribution < -0.4 is 25.8 Å². The van der Waals surface area contributed by atoms with Gasteiger partial charge >= 0.3 is 5.97 Å². The van der Waals surface area contributed by atoms with Crippen LogP contribution in [0.1, 0.15) is 42.0 Å². The lowest BCUT2D eigenvalue weighted by atomic mass is 9.72. The third-order valence-electron chi connectivity index (χ3n) is 12.8. The van der Waals surface area contributed by atoms with Gasteiger partial charge in [-0.2, -0.15) is 0 Å². The molecule has 0 aromatic heterocycles. The third kappa shape index (κ3) is 10.3. The smallest absolute Gasteiger partial charge is 0.335 e. The molecule has 7 rings (SSSR count). The van der Waals surface area contributed by atoms with Gasteiger partial charge in [0.05, 0.1) is 17.7 Å². The first-order chi connectivity index (χ1) is 32.2. The number of phenols is 1. The van der Waals surface area contributed by atoms with E-state index in [9.17, 15) is 45.0 Å². The fourth-order valence-corrected chi connectivity index (χ4v) is 11.1. The molecule has 2 fully saturated rings. The number of aliphatic hydroxyl groups excluding tert-OH is 3. The van der Waals surface area contributed by atoms with Gasteiger partial charge < -0.3 is 60.6 Å². The molecular formula is C48H56N4O13S2. The van der Waals surface area contributed by atoms with E-state index in [4.69, 9.17) is 24.7 Å². The molecule has 2 saturated heterocycles. The largest absolute Gasteiger partial charge is 0.508 e. The number of amides is 1. The number of phenolic OH excluding ortho intramolecular Hbond substituents is 1. The molecule has 0 radical (unpaired) electrons. The maximum absolute atomic E-state index is 13.4. The SMILES string of the molecule is CNCCCc1ccccc1/C=C\C[C@H](C)[C@@H]1CN[C@H](O)[C@]2(O)[C@H](Oc3ccc4c(c3)OC(C(N)=O)C(c3ccc(O)cc3)=C4O)O[C@H](C(=O)O)[C@@H](O)[C@]2(C=O)OCSSC[C@@H]1C1=CCN=C1. The number of aliphatic carboxylic acids is 1. The van der Waals surface area contributed by atoms with Crippen molar-refractivity contribution < 1.29 is 64.0 Å². The zero-order valence-corrected chi connectivity index (χ0v) is 38.5. The zero-order valence-electron chi connectivity index (χ0n) is 36.9. The number of benzene rings is 3. The van der Waals surface area contributed by atoms with Gasteiger partial charge in [-0.1, -0.05) is 83.1 Å². The number of carboxylic acids is 1. The van der Waals surface area contributed by atoms with Gasteiger partial charge in [-0.05, 0) is 97.1 Å². The van der Waals surface area contributed by atoms with Crippen LogP contribution >= 0.6 is 21.6 Å². The highest BCUT2D eigenvalue weighted by Crippen LogP contribution is 2.47. The van der Waals surface area contributed by atoms with Crippen LogP contribution in [0.3, 0.4) is 0 Å². The van der Waals surface area contributed by atoms with E-state index in [1.165, 1.54) is 69.6 Å². The number of allylic oxidation sites excluding steroid dienone is 2. The average Bonchev–Trinajstić information content (AvgIpc) is 3.85. The van der Waals surface area contributed by atoms with E-state index in [0.717, 1.165) is 30.5 Å². The van der Waals surface area contributed by atoms with Crippen molar-refractivity contribution in [2.75, 3.05) is 38.4 Å². The Kier molecular flexibility index (Phi) is 16.2. The number of aryl methyl sites for hydroxylation is 1. The second-order valence-corrected chi connectivity index (χ2v) is 19.3. The van der Waals surface area contributed by atoms with E-state index < -0.39 is 53.9 Å². The van der Waals surface area contributed by atoms with Gasteiger partial charge in [-0.25, -0.2) is 4.79 Å². The minimum Gasteiger partial charge on any atom is -0.508 e. The first-order valence-corrected chi connectivity index (χ1v) is 24.4. The molecule has 358 valence electrons. The maximum atomic E-state index is 13.4. The number of nitrogens with two attached hydrogens (primary N) is 1. The molecule has 4 heterocycles. The van der Waals surface area contributed by atoms with Crippen molar-refractivity contribution in [3.05, 3.63) is 107 Å². The molecule has 17 nitrogen and oxygen atoms in total. The molecule has 0 aliphatic carbocycles. The molecule has 10 N–H and O–H groups in total. The Morgan fingerprint density at radius 1 is 1.10 bits per heavy atom. The lowest BCUT2D eigenvalue weighted by Crippen LogP contribution is -2.82. The number of primary amides is 1. The fourth-order valence-electron chi connectivity index (χ4n) is 9.06. The van der Waals surface area contributed by atoms with E-state index in [2.05, 4.69) is 52.9 Å². The minimum absolute atomic E-state index is 0.0201. The number of nitrogens with zero attached hydrogens (tertiary/aromatic N) is 1. The van der Waals surface area contributed by atoms with Crippen LogP contribution in [0.4, 0.5) is 0 Å². The highest BCUT2D eigenvalue weighted by atomic mass is 33.1. The van der Waals surface area contributed by atoms with Gasteiger partial charge in [0.25, 0.3) is 5.91 Å². The normalized spacial score (nSPS) is 29.4. The second kappa shape index (κ2) is 21.8. The van der Waals surface area contributed by atoms with Gasteiger partial charge in [0, 0.05) is 24.6 Å². The number of nitrogens with one attached hydrogen (secondary N) is 2. The number of aliphatic imine (C=N–C) groups is 1. The number of aromatic hydroxyl groups is 1. The highest BCUT2D eigenvalue weighted by Gasteiger charge is 2.72. The lowest BCUT2D eigenvalue weighted by molar-refractivity contribution is -0.364. The summed E-state index contributed by atoms with van der Waals surface area (Å²) in [6.45, 7) is 3.55. The van der Waals surface area contributed by atoms with E-state index in [1.54, 1.807) is 0 Å². The van der Waals surface area contributed by atoms with Gasteiger partial charge in [-0.15, -0.1) is 0 Å². The number of ether oxygens (including phenoxy) is 4. The zero-order chi connectivity index (χ0) is 47.9. The first-order valence-electron chi connectivity index (χ1n) is 21.9. The van der Waals surface area contributed by atoms with Crippen LogP contribution in [-0.4, -0.2) is 135 Å². The van der Waals surface area contributed by atoms with Crippen molar-refractivity contribution in [3.8, 4) is 17.2 Å². The monoisotopic (exact) mass is 960 g/mol. The van der Waals surface area contributed by atoms with Crippen LogP contribution in [0.5, 0.6) is 17.2 Å². The quantitative estimate of drug-likeness (QED) is 0.0597. The topological polar surface area (TPSA) is 272 Å². The van der Waals surface area contributed by atoms with Crippen molar-refractivity contribution in [2.45, 2.75) is 68.2 Å². The predicted octanol–water partition coefficient (Wildman–Crippen LogP) is 3.69. The number of aliphatic hydroxyl groups is 4. The van der Waals surface area contributed by atoms with Gasteiger partial charge in [-0.3, -0.25) is 19.9 Å². The lowest BCUT2D eigenvalue weighted by Gasteiger charge is -2.55. The van der Waals surface area contributed by atoms with Crippen molar-refractivity contribution >= 4 is 63.4 Å². The molecule has 0 saturated carbocycles. The number of rotatable bonds is 15. The highest BCUT2D eigenvalue weighted by molar-refractivity contribution is 8.76. The molecule has 0 spiro atoms. The molecule has 1 unspecified atom stereocenters. The third-order valence-corrected chi connectivity index (χ3v) is 14.8. The summed E-state index contributed by atoms with van der Waals surface area (Å²) in [6.07, 6.45) is 0.185. The molecule has 4 aliphatic heterocycles. The summed E-state index contributed by atoms with van der Waals surface area (Å²) in [4.78, 5) is 43.3. The Morgan fingerprint density at radius 2 is 1.88 bits per heavy atom. The van der Waals surface area contributed by atoms with Crippen molar-refractivity contribution in [3.63, 3.8) is 0 Å². The predicted molar refractivity (Wildman–Crippen MR) is 254 cm³/mol. The van der Waals surface area contributed by atoms with Crippen LogP contribution in [0.25, 0.3) is 17.4 Å². The number of hydrogen-bond donors (Lipinski definition) is 9. The Bertz CT molecular complexity index is 2400. The van der Waals surface area contributed by atoms with E-state index in [0.29, 0.717) is 24.3 Å². The van der Waals surface area contributed by atoms with Crippen molar-refractivity contribution in [1.82, 2.24) is 10.6 Å². The number of carbonyl (C=O) groups excluding carboxylic acids is 2. The fraction of sp³-hybridized carbons (Fsp3) is 0.417. The Labute approximate surface area is 395 Å². The minimum atomic E-state index is -3.07. The van der Waals surface area contributed by atoms with Crippen molar-refractivity contribution in [1.29, 1.82) is 0 Å². The maximum Gasteiger partial charge on any atom is 0.335 e. The molecule has 10 atom stereocenters. The summed E-state index contributed by atoms with van der Waals surface area (Å²) >= 11 is 0. The van der Waals surface area contributed by atoms with Crippen LogP contribution in [0, 0.1) is 17.8 Å². The molecule has 3 aromatic carbocycles. The number of carboxylic acid groups (broad SMARTS) is 1. The molecule has 3 aromatic rings. The number of aldehydes is 1. The Balaban J connectivity index is 1.22. The molecule has 4 aliphatic rings. The molecule has 19 heteroatoms. The summed E-state index contributed by atoms with van der Waals surface area (Å²) in [6, 6.07) is 17.8. The van der Waals surface area contributed by atoms with Gasteiger partial charge in [0.15, 0.2) is 18.0 Å². The molecular weight excluding hydrogens is 905 g/mol. The van der Waals surface area contributed by atoms with Gasteiger partial charge in [0.1, 0.15) is 41.3 Å². The van der Waals surface area contributed by atoms with E-state index >= 15 is 0 Å². The molecule has 67 heavy (non-hydrogen) atoms. The molecule has 0 bridgehead atoms. The summed E-state index contributed by atoms with van der Waals surface area (Å²) in [7, 11) is 4.53. The van der Waals surface area contributed by atoms with Crippen LogP contribution in [-0.2, 0) is 30.3 Å². The summed E-state index contributed by atoms with van der Waals surface area (Å²) in [5, 5.41) is 74.7. The second-order valence-electron chi connectivity index (χ2n) is 16.9. The number of carbonyl (C=O) groups is 3. The van der Waals surface area contributed by atoms with E-state index in [1.807, 2.05) is 25.4 Å². The summed E-state index contributed by atoms with van der Waals surface area (Å²) < 4.78 is 23.9. The van der Waals surface area contributed by atoms with Crippen molar-refractivity contribution in [2.24, 2.45) is 28.5 Å². The number of hydrogen-bond acceptors (Lipinski definition) is 17. The Hall–Kier alpha value is -5.22. The average molecular weight is 961 g/mol.